The SMILES string of the molecule is CNSNc1nccc(CN2C(=O)Oc3cc(Oc4ncco4)ccc3C23CCC3)c1F. The number of fused-ring (bicyclic) bond motifs is 2. The van der Waals surface area contributed by atoms with Crippen molar-refractivity contribution in [1.29, 1.82) is 0 Å². The first-order chi connectivity index (χ1) is 15.6. The Balaban J connectivity index is 1.44. The van der Waals surface area contributed by atoms with E-state index in [4.69, 9.17) is 13.9 Å². The van der Waals surface area contributed by atoms with Crippen LogP contribution in [0.15, 0.2) is 47.3 Å². The van der Waals surface area contributed by atoms with Crippen molar-refractivity contribution in [2.24, 2.45) is 0 Å². The number of nitrogens with zero attached hydrogens (tertiary/aromatic N) is 3. The van der Waals surface area contributed by atoms with Gasteiger partial charge in [-0.3, -0.25) is 9.62 Å². The molecule has 5 rings (SSSR count). The zero-order valence-corrected chi connectivity index (χ0v) is 17.9. The van der Waals surface area contributed by atoms with E-state index in [0.29, 0.717) is 17.1 Å². The third kappa shape index (κ3) is 3.53. The predicted octanol–water partition coefficient (Wildman–Crippen LogP) is 4.59. The molecule has 0 bridgehead atoms. The molecule has 1 spiro atoms. The van der Waals surface area contributed by atoms with Crippen molar-refractivity contribution in [3.63, 3.8) is 0 Å². The maximum Gasteiger partial charge on any atom is 0.416 e. The molecule has 1 amide bonds. The molecule has 2 aliphatic rings. The van der Waals surface area contributed by atoms with Gasteiger partial charge in [0, 0.05) is 35.5 Å². The number of anilines is 1. The van der Waals surface area contributed by atoms with E-state index < -0.39 is 17.4 Å². The summed E-state index contributed by atoms with van der Waals surface area (Å²) in [5, 5.41) is 0. The second-order valence-corrected chi connectivity index (χ2v) is 8.25. The molecule has 32 heavy (non-hydrogen) atoms. The number of rotatable bonds is 7. The van der Waals surface area contributed by atoms with Crippen LogP contribution in [0, 0.1) is 5.82 Å². The molecule has 1 aliphatic carbocycles. The fraction of sp³-hybridized carbons (Fsp3) is 0.286. The van der Waals surface area contributed by atoms with Gasteiger partial charge in [-0.15, -0.1) is 0 Å². The molecular weight excluding hydrogens is 437 g/mol. The van der Waals surface area contributed by atoms with Crippen molar-refractivity contribution in [2.45, 2.75) is 31.3 Å². The molecule has 1 aromatic carbocycles. The molecular formula is C21H20FN5O4S. The number of nitrogens with one attached hydrogen (secondary N) is 2. The zero-order chi connectivity index (χ0) is 22.1. The van der Waals surface area contributed by atoms with Crippen molar-refractivity contribution < 1.29 is 23.1 Å². The average molecular weight is 457 g/mol. The van der Waals surface area contributed by atoms with E-state index in [9.17, 15) is 4.79 Å². The number of benzene rings is 1. The van der Waals surface area contributed by atoms with E-state index in [1.165, 1.54) is 18.7 Å². The van der Waals surface area contributed by atoms with Crippen LogP contribution in [0.2, 0.25) is 0 Å². The predicted molar refractivity (Wildman–Crippen MR) is 115 cm³/mol. The lowest BCUT2D eigenvalue weighted by Gasteiger charge is -2.52. The van der Waals surface area contributed by atoms with Gasteiger partial charge in [-0.25, -0.2) is 18.9 Å². The maximum absolute atomic E-state index is 15.0. The summed E-state index contributed by atoms with van der Waals surface area (Å²) in [7, 11) is 1.71. The van der Waals surface area contributed by atoms with Crippen molar-refractivity contribution in [3.05, 3.63) is 59.9 Å². The van der Waals surface area contributed by atoms with Crippen molar-refractivity contribution in [2.75, 3.05) is 11.8 Å². The Morgan fingerprint density at radius 1 is 1.28 bits per heavy atom. The molecule has 11 heteroatoms. The molecule has 9 nitrogen and oxygen atoms in total. The van der Waals surface area contributed by atoms with E-state index in [2.05, 4.69) is 19.4 Å². The Kier molecular flexibility index (Phi) is 5.35. The number of carbonyl (C=O) groups excluding carboxylic acids is 1. The summed E-state index contributed by atoms with van der Waals surface area (Å²) in [5.41, 5.74) is 0.686. The quantitative estimate of drug-likeness (QED) is 0.493. The summed E-state index contributed by atoms with van der Waals surface area (Å²) < 4.78 is 36.9. The molecule has 166 valence electrons. The number of halogens is 1. The Labute approximate surface area is 187 Å². The number of hydrogen-bond donors (Lipinski definition) is 2. The highest BCUT2D eigenvalue weighted by molar-refractivity contribution is 7.98. The largest absolute Gasteiger partial charge is 0.417 e. The highest BCUT2D eigenvalue weighted by atomic mass is 32.2. The second kappa shape index (κ2) is 8.32. The number of oxazole rings is 1. The molecule has 0 radical (unpaired) electrons. The van der Waals surface area contributed by atoms with E-state index >= 15 is 4.39 Å². The molecule has 0 atom stereocenters. The van der Waals surface area contributed by atoms with Crippen LogP contribution < -0.4 is 18.9 Å². The Morgan fingerprint density at radius 2 is 2.16 bits per heavy atom. The Hall–Kier alpha value is -3.31. The molecule has 0 unspecified atom stereocenters. The summed E-state index contributed by atoms with van der Waals surface area (Å²) in [6.07, 6.45) is 6.46. The van der Waals surface area contributed by atoms with Gasteiger partial charge in [0.1, 0.15) is 17.8 Å². The standard InChI is InChI=1S/C21H20FN5O4S/c1-23-32-26-18-17(22)13(5-8-24-18)12-27-20(28)31-16-11-14(30-19-25-9-10-29-19)3-4-15(16)21(27)6-2-7-21/h3-5,8-11,23H,2,6-7,12H2,1H3,(H,24,26). The van der Waals surface area contributed by atoms with Crippen molar-refractivity contribution >= 4 is 24.0 Å². The smallest absolute Gasteiger partial charge is 0.416 e. The Morgan fingerprint density at radius 3 is 2.88 bits per heavy atom. The van der Waals surface area contributed by atoms with Gasteiger partial charge >= 0.3 is 12.2 Å². The first-order valence-electron chi connectivity index (χ1n) is 10.0. The molecule has 2 aromatic heterocycles. The monoisotopic (exact) mass is 457 g/mol. The van der Waals surface area contributed by atoms with E-state index in [1.807, 2.05) is 6.07 Å². The van der Waals surface area contributed by atoms with Crippen LogP contribution in [-0.4, -0.2) is 28.0 Å². The van der Waals surface area contributed by atoms with Gasteiger partial charge in [0.2, 0.25) is 0 Å². The third-order valence-electron chi connectivity index (χ3n) is 5.73. The number of hydrogen-bond acceptors (Lipinski definition) is 9. The van der Waals surface area contributed by atoms with Gasteiger partial charge in [0.05, 0.1) is 18.3 Å². The molecule has 3 aromatic rings. The fourth-order valence-electron chi connectivity index (χ4n) is 4.08. The van der Waals surface area contributed by atoms with Crippen LogP contribution in [0.3, 0.4) is 0 Å². The number of amides is 1. The fourth-order valence-corrected chi connectivity index (χ4v) is 4.42. The summed E-state index contributed by atoms with van der Waals surface area (Å²) in [6, 6.07) is 6.89. The van der Waals surface area contributed by atoms with E-state index in [-0.39, 0.29) is 18.4 Å². The molecule has 1 saturated carbocycles. The van der Waals surface area contributed by atoms with Gasteiger partial charge in [-0.1, -0.05) is 0 Å². The molecule has 0 saturated heterocycles. The lowest BCUT2D eigenvalue weighted by atomic mass is 9.69. The third-order valence-corrected chi connectivity index (χ3v) is 6.23. The van der Waals surface area contributed by atoms with Crippen LogP contribution in [0.4, 0.5) is 15.0 Å². The van der Waals surface area contributed by atoms with Crippen molar-refractivity contribution in [1.82, 2.24) is 19.6 Å². The maximum atomic E-state index is 15.0. The number of aromatic nitrogens is 2. The number of carbonyl (C=O) groups is 1. The van der Waals surface area contributed by atoms with E-state index in [1.54, 1.807) is 30.1 Å². The highest BCUT2D eigenvalue weighted by Gasteiger charge is 2.51. The van der Waals surface area contributed by atoms with Crippen LogP contribution in [0.25, 0.3) is 0 Å². The number of pyridine rings is 1. The Bertz CT molecular complexity index is 1140. The lowest BCUT2D eigenvalue weighted by molar-refractivity contribution is 0.00111. The highest BCUT2D eigenvalue weighted by Crippen LogP contribution is 2.53. The zero-order valence-electron chi connectivity index (χ0n) is 17.1. The van der Waals surface area contributed by atoms with Crippen LogP contribution >= 0.6 is 12.1 Å². The van der Waals surface area contributed by atoms with Crippen molar-refractivity contribution in [3.8, 4) is 17.6 Å². The lowest BCUT2D eigenvalue weighted by Crippen LogP contribution is -2.57. The van der Waals surface area contributed by atoms with Gasteiger partial charge in [0.25, 0.3) is 0 Å². The summed E-state index contributed by atoms with van der Waals surface area (Å²) in [6.45, 7) is 0.0695. The first kappa shape index (κ1) is 20.6. The molecule has 3 heterocycles. The van der Waals surface area contributed by atoms with Gasteiger partial charge < -0.3 is 13.9 Å². The van der Waals surface area contributed by atoms with Crippen LogP contribution in [-0.2, 0) is 12.1 Å². The topological polar surface area (TPSA) is 102 Å². The minimum absolute atomic E-state index is 0.0695. The number of ether oxygens (including phenoxy) is 2. The first-order valence-corrected chi connectivity index (χ1v) is 10.9. The summed E-state index contributed by atoms with van der Waals surface area (Å²) >= 11 is 1.11. The second-order valence-electron chi connectivity index (χ2n) is 7.44. The van der Waals surface area contributed by atoms with Crippen LogP contribution in [0.1, 0.15) is 30.4 Å². The minimum Gasteiger partial charge on any atom is -0.417 e. The van der Waals surface area contributed by atoms with Gasteiger partial charge in [0.15, 0.2) is 11.6 Å². The van der Waals surface area contributed by atoms with Crippen LogP contribution in [0.5, 0.6) is 17.6 Å². The molecule has 2 N–H and O–H groups in total. The minimum atomic E-state index is -0.546. The molecule has 1 aliphatic heterocycles. The normalized spacial score (nSPS) is 16.3. The average Bonchev–Trinajstić information content (AvgIpc) is 3.26. The van der Waals surface area contributed by atoms with Gasteiger partial charge in [-0.05, 0) is 44.5 Å². The summed E-state index contributed by atoms with van der Waals surface area (Å²) in [5.74, 6) is 0.472. The van der Waals surface area contributed by atoms with E-state index in [0.717, 1.165) is 37.0 Å². The van der Waals surface area contributed by atoms with Gasteiger partial charge in [-0.2, -0.15) is 4.98 Å². The molecule has 1 fully saturated rings. The summed E-state index contributed by atoms with van der Waals surface area (Å²) in [4.78, 5) is 22.6.